The lowest BCUT2D eigenvalue weighted by atomic mass is 9.86. The number of Topliss-reactive ketones (excluding diaryl/α,β-unsaturated/α-hetero) is 1. The fourth-order valence-electron chi connectivity index (χ4n) is 4.51. The van der Waals surface area contributed by atoms with E-state index in [0.29, 0.717) is 22.7 Å². The second-order valence-electron chi connectivity index (χ2n) is 8.58. The molecule has 174 valence electrons. The van der Waals surface area contributed by atoms with Gasteiger partial charge in [0.2, 0.25) is 5.66 Å². The summed E-state index contributed by atoms with van der Waals surface area (Å²) in [4.78, 5) is 32.8. The third-order valence-electron chi connectivity index (χ3n) is 6.44. The van der Waals surface area contributed by atoms with Crippen LogP contribution in [-0.4, -0.2) is 53.9 Å². The van der Waals surface area contributed by atoms with Crippen molar-refractivity contribution in [1.82, 2.24) is 5.32 Å². The van der Waals surface area contributed by atoms with E-state index in [9.17, 15) is 19.1 Å². The molecule has 0 aromatic heterocycles. The minimum absolute atomic E-state index is 0.0415. The monoisotopic (exact) mass is 472 g/mol. The Morgan fingerprint density at radius 2 is 2.06 bits per heavy atom. The zero-order valence-corrected chi connectivity index (χ0v) is 19.1. The summed E-state index contributed by atoms with van der Waals surface area (Å²) in [5.74, 6) is -3.09. The highest BCUT2D eigenvalue weighted by Gasteiger charge is 2.50. The topological polar surface area (TPSA) is 108 Å². The number of benzodiazepines with no additional fused rings is 1. The van der Waals surface area contributed by atoms with Crippen molar-refractivity contribution in [1.29, 1.82) is 0 Å². The summed E-state index contributed by atoms with van der Waals surface area (Å²) < 4.78 is 14.9. The number of aliphatic hydroxyl groups is 1. The van der Waals surface area contributed by atoms with Crippen molar-refractivity contribution in [3.63, 3.8) is 0 Å². The highest BCUT2D eigenvalue weighted by Crippen LogP contribution is 2.34. The first-order valence-corrected chi connectivity index (χ1v) is 11.2. The van der Waals surface area contributed by atoms with Crippen molar-refractivity contribution in [3.8, 4) is 0 Å². The maximum absolute atomic E-state index is 14.9. The first kappa shape index (κ1) is 23.5. The summed E-state index contributed by atoms with van der Waals surface area (Å²) in [5, 5.41) is 14.3. The van der Waals surface area contributed by atoms with Crippen molar-refractivity contribution < 1.29 is 19.1 Å². The quantitative estimate of drug-likeness (QED) is 0.578. The number of aliphatic hydroxyl groups excluding tert-OH is 1. The molecule has 1 unspecified atom stereocenters. The minimum atomic E-state index is -2.36. The number of aliphatic imine (C=N–C) groups is 1. The molecular weight excluding hydrogens is 447 g/mol. The average Bonchev–Trinajstić information content (AvgIpc) is 3.33. The predicted molar refractivity (Wildman–Crippen MR) is 125 cm³/mol. The number of carbonyl (C=O) groups excluding carboxylic acids is 2. The molecule has 9 heteroatoms. The van der Waals surface area contributed by atoms with E-state index >= 15 is 0 Å². The summed E-state index contributed by atoms with van der Waals surface area (Å²) in [7, 11) is 1.48. The maximum atomic E-state index is 14.9. The highest BCUT2D eigenvalue weighted by atomic mass is 35.5. The number of amides is 1. The third kappa shape index (κ3) is 4.08. The number of likely N-dealkylation sites (N-methyl/N-ethyl adjacent to an activating group) is 1. The number of rotatable bonds is 5. The number of nitrogens with one attached hydrogen (secondary N) is 1. The van der Waals surface area contributed by atoms with Gasteiger partial charge in [-0.15, -0.1) is 0 Å². The van der Waals surface area contributed by atoms with Crippen molar-refractivity contribution in [3.05, 3.63) is 64.4 Å². The van der Waals surface area contributed by atoms with Gasteiger partial charge >= 0.3 is 0 Å². The molecule has 1 fully saturated rings. The van der Waals surface area contributed by atoms with Gasteiger partial charge in [-0.3, -0.25) is 15.3 Å². The van der Waals surface area contributed by atoms with Crippen molar-refractivity contribution in [2.75, 3.05) is 18.5 Å². The van der Waals surface area contributed by atoms with Crippen molar-refractivity contribution in [2.24, 2.45) is 16.6 Å². The second-order valence-corrected chi connectivity index (χ2v) is 9.02. The summed E-state index contributed by atoms with van der Waals surface area (Å²) in [6, 6.07) is 10.4. The molecule has 2 aliphatic heterocycles. The molecular formula is C24H26ClFN4O3. The lowest BCUT2D eigenvalue weighted by Gasteiger charge is -2.31. The summed E-state index contributed by atoms with van der Waals surface area (Å²) in [6.45, 7) is 2.27. The molecule has 2 aromatic carbocycles. The van der Waals surface area contributed by atoms with Gasteiger partial charge in [-0.2, -0.15) is 0 Å². The first-order valence-electron chi connectivity index (χ1n) is 10.8. The van der Waals surface area contributed by atoms with Crippen molar-refractivity contribution >= 4 is 34.7 Å². The number of halogens is 2. The zero-order chi connectivity index (χ0) is 23.9. The lowest BCUT2D eigenvalue weighted by Crippen LogP contribution is -2.62. The van der Waals surface area contributed by atoms with Gasteiger partial charge in [0.05, 0.1) is 17.5 Å². The lowest BCUT2D eigenvalue weighted by molar-refractivity contribution is -0.138. The van der Waals surface area contributed by atoms with Crippen LogP contribution in [0.15, 0.2) is 47.5 Å². The van der Waals surface area contributed by atoms with Crippen LogP contribution in [0, 0.1) is 11.7 Å². The van der Waals surface area contributed by atoms with E-state index in [2.05, 4.69) is 10.3 Å². The minimum Gasteiger partial charge on any atom is -0.391 e. The molecule has 0 spiro atoms. The molecule has 1 saturated heterocycles. The Balaban J connectivity index is 1.88. The molecule has 4 rings (SSSR count). The number of fused-ring (bicyclic) bond motifs is 1. The van der Waals surface area contributed by atoms with E-state index in [-0.39, 0.29) is 17.3 Å². The SMILES string of the molecule is C[C@@H](C(=O)C1(N)N=C(c2ccccc2F)c2cc(Cl)ccc2N(C)C1=O)[C@@H](O)[C@H]1CCCN1. The molecule has 4 atom stereocenters. The Hall–Kier alpha value is -2.65. The van der Waals surface area contributed by atoms with Gasteiger partial charge in [-0.25, -0.2) is 9.38 Å². The van der Waals surface area contributed by atoms with Gasteiger partial charge in [0.25, 0.3) is 5.91 Å². The number of carbonyl (C=O) groups is 2. The van der Waals surface area contributed by atoms with Crippen LogP contribution in [0.25, 0.3) is 0 Å². The van der Waals surface area contributed by atoms with E-state index in [1.54, 1.807) is 24.3 Å². The van der Waals surface area contributed by atoms with Gasteiger partial charge in [-0.05, 0) is 49.7 Å². The number of ketones is 1. The van der Waals surface area contributed by atoms with E-state index < -0.39 is 35.2 Å². The van der Waals surface area contributed by atoms with Crippen molar-refractivity contribution in [2.45, 2.75) is 37.6 Å². The molecule has 7 nitrogen and oxygen atoms in total. The third-order valence-corrected chi connectivity index (χ3v) is 6.67. The van der Waals surface area contributed by atoms with Crippen LogP contribution in [0.2, 0.25) is 5.02 Å². The van der Waals surface area contributed by atoms with Crippen LogP contribution in [-0.2, 0) is 9.59 Å². The molecule has 4 N–H and O–H groups in total. The van der Waals surface area contributed by atoms with Crippen LogP contribution in [0.3, 0.4) is 0 Å². The molecule has 0 aliphatic carbocycles. The Labute approximate surface area is 196 Å². The van der Waals surface area contributed by atoms with Gasteiger partial charge in [0.15, 0.2) is 5.78 Å². The molecule has 0 radical (unpaired) electrons. The van der Waals surface area contributed by atoms with E-state index in [0.717, 1.165) is 13.0 Å². The maximum Gasteiger partial charge on any atom is 0.277 e. The van der Waals surface area contributed by atoms with E-state index in [1.807, 2.05) is 0 Å². The number of anilines is 1. The van der Waals surface area contributed by atoms with E-state index in [1.165, 1.54) is 37.1 Å². The normalized spacial score (nSPS) is 24.7. The molecule has 2 heterocycles. The fraction of sp³-hybridized carbons (Fsp3) is 0.375. The summed E-state index contributed by atoms with van der Waals surface area (Å²) >= 11 is 6.21. The number of hydrogen-bond acceptors (Lipinski definition) is 6. The van der Waals surface area contributed by atoms with Gasteiger partial charge in [0, 0.05) is 35.2 Å². The number of benzene rings is 2. The zero-order valence-electron chi connectivity index (χ0n) is 18.4. The average molecular weight is 473 g/mol. The largest absolute Gasteiger partial charge is 0.391 e. The van der Waals surface area contributed by atoms with Gasteiger partial charge in [-0.1, -0.05) is 30.7 Å². The second kappa shape index (κ2) is 8.95. The Kier molecular flexibility index (Phi) is 6.37. The summed E-state index contributed by atoms with van der Waals surface area (Å²) in [5.41, 5.74) is 4.97. The van der Waals surface area contributed by atoms with Crippen LogP contribution < -0.4 is 16.0 Å². The van der Waals surface area contributed by atoms with Crippen LogP contribution in [0.1, 0.15) is 30.9 Å². The molecule has 33 heavy (non-hydrogen) atoms. The molecule has 1 amide bonds. The Morgan fingerprint density at radius 1 is 1.33 bits per heavy atom. The molecule has 0 bridgehead atoms. The number of hydrogen-bond donors (Lipinski definition) is 3. The Morgan fingerprint density at radius 3 is 2.73 bits per heavy atom. The molecule has 2 aliphatic rings. The fourth-order valence-corrected chi connectivity index (χ4v) is 4.68. The highest BCUT2D eigenvalue weighted by molar-refractivity contribution is 6.32. The number of nitrogens with zero attached hydrogens (tertiary/aromatic N) is 2. The van der Waals surface area contributed by atoms with Crippen LogP contribution in [0.5, 0.6) is 0 Å². The van der Waals surface area contributed by atoms with Crippen LogP contribution >= 0.6 is 11.6 Å². The summed E-state index contributed by atoms with van der Waals surface area (Å²) in [6.07, 6.45) is 0.535. The van der Waals surface area contributed by atoms with Gasteiger partial charge in [0.1, 0.15) is 5.82 Å². The van der Waals surface area contributed by atoms with E-state index in [4.69, 9.17) is 17.3 Å². The van der Waals surface area contributed by atoms with Gasteiger partial charge < -0.3 is 15.3 Å². The molecule has 0 saturated carbocycles. The standard InChI is InChI=1S/C24H26ClFN4O3/c1-13(21(31)18-8-5-11-28-18)22(32)24(27)23(33)30(2)19-10-9-14(25)12-16(19)20(29-24)15-6-3-4-7-17(15)26/h3-4,6-7,9-10,12-13,18,21,28,31H,5,8,11,27H2,1-2H3/t13-,18-,21-,24?/m1/s1. The first-order chi connectivity index (χ1) is 15.6. The predicted octanol–water partition coefficient (Wildman–Crippen LogP) is 2.27. The molecule has 2 aromatic rings. The smallest absolute Gasteiger partial charge is 0.277 e. The van der Waals surface area contributed by atoms with Crippen LogP contribution in [0.4, 0.5) is 10.1 Å². The Bertz CT molecular complexity index is 1130. The number of nitrogens with two attached hydrogens (primary N) is 1.